The molecule has 1 heterocycles. The minimum Gasteiger partial charge on any atom is -0.345 e. The fourth-order valence-corrected chi connectivity index (χ4v) is 2.85. The molecule has 0 aromatic heterocycles. The zero-order valence-corrected chi connectivity index (χ0v) is 10.6. The van der Waals surface area contributed by atoms with Gasteiger partial charge in [0, 0.05) is 18.4 Å². The van der Waals surface area contributed by atoms with Gasteiger partial charge >= 0.3 is 0 Å². The number of fused-ring (bicyclic) bond motifs is 1. The molecule has 0 spiro atoms. The number of carbonyl (C=O) groups excluding carboxylic acids is 2. The monoisotopic (exact) mass is 249 g/mol. The highest BCUT2D eigenvalue weighted by Crippen LogP contribution is 2.30. The summed E-state index contributed by atoms with van der Waals surface area (Å²) in [5.74, 6) is 0.226. The van der Waals surface area contributed by atoms with Gasteiger partial charge in [-0.25, -0.2) is 0 Å². The first-order valence-corrected chi connectivity index (χ1v) is 6.69. The molecule has 0 aliphatic carbocycles. The number of hydrogen-bond donors (Lipinski definition) is 1. The maximum Gasteiger partial charge on any atom is 0.287 e. The Morgan fingerprint density at radius 2 is 2.24 bits per heavy atom. The van der Waals surface area contributed by atoms with Crippen LogP contribution in [0.5, 0.6) is 0 Å². The molecule has 0 radical (unpaired) electrons. The van der Waals surface area contributed by atoms with E-state index < -0.39 is 11.7 Å². The summed E-state index contributed by atoms with van der Waals surface area (Å²) in [7, 11) is 0. The van der Waals surface area contributed by atoms with Gasteiger partial charge in [0.1, 0.15) is 0 Å². The van der Waals surface area contributed by atoms with Crippen molar-refractivity contribution in [3.05, 3.63) is 29.3 Å². The van der Waals surface area contributed by atoms with Gasteiger partial charge in [-0.05, 0) is 35.8 Å². The van der Waals surface area contributed by atoms with Crippen molar-refractivity contribution >= 4 is 23.5 Å². The lowest BCUT2D eigenvalue weighted by molar-refractivity contribution is -0.136. The van der Waals surface area contributed by atoms with Crippen molar-refractivity contribution in [2.45, 2.75) is 31.2 Å². The second-order valence-corrected chi connectivity index (χ2v) is 5.27. The number of nitrogens with one attached hydrogen (secondary N) is 1. The lowest BCUT2D eigenvalue weighted by atomic mass is 10.1. The first-order valence-electron chi connectivity index (χ1n) is 5.70. The van der Waals surface area contributed by atoms with Gasteiger partial charge < -0.3 is 5.32 Å². The summed E-state index contributed by atoms with van der Waals surface area (Å²) in [6.45, 7) is 1.70. The van der Waals surface area contributed by atoms with Crippen molar-refractivity contribution in [3.63, 3.8) is 0 Å². The number of hydrogen-bond acceptors (Lipinski definition) is 3. The molecule has 1 N–H and O–H groups in total. The molecule has 0 saturated carbocycles. The molecule has 0 unspecified atom stereocenters. The van der Waals surface area contributed by atoms with Crippen molar-refractivity contribution in [3.8, 4) is 0 Å². The molecule has 3 nitrogen and oxygen atoms in total. The number of thioether (sulfide) groups is 1. The smallest absolute Gasteiger partial charge is 0.287 e. The summed E-state index contributed by atoms with van der Waals surface area (Å²) in [4.78, 5) is 23.3. The van der Waals surface area contributed by atoms with Crippen LogP contribution >= 0.6 is 11.8 Å². The highest BCUT2D eigenvalue weighted by Gasteiger charge is 2.11. The Bertz CT molecular complexity index is 457. The minimum absolute atomic E-state index is 0.427. The van der Waals surface area contributed by atoms with E-state index in [4.69, 9.17) is 0 Å². The molecule has 0 fully saturated rings. The third kappa shape index (κ3) is 3.09. The van der Waals surface area contributed by atoms with Gasteiger partial charge in [-0.1, -0.05) is 12.1 Å². The van der Waals surface area contributed by atoms with Gasteiger partial charge in [-0.15, -0.1) is 11.8 Å². The lowest BCUT2D eigenvalue weighted by Crippen LogP contribution is -2.28. The fraction of sp³-hybridized carbons (Fsp3) is 0.385. The van der Waals surface area contributed by atoms with Crippen molar-refractivity contribution in [1.29, 1.82) is 0 Å². The zero-order valence-electron chi connectivity index (χ0n) is 9.79. The topological polar surface area (TPSA) is 46.2 Å². The summed E-state index contributed by atoms with van der Waals surface area (Å²) < 4.78 is 0. The number of ketones is 1. The molecule has 1 aromatic rings. The summed E-state index contributed by atoms with van der Waals surface area (Å²) in [6, 6.07) is 6.24. The second-order valence-electron chi connectivity index (χ2n) is 4.13. The molecule has 90 valence electrons. The van der Waals surface area contributed by atoms with Crippen LogP contribution in [0.2, 0.25) is 0 Å². The van der Waals surface area contributed by atoms with Crippen LogP contribution < -0.4 is 5.32 Å². The van der Waals surface area contributed by atoms with Crippen LogP contribution in [0.25, 0.3) is 0 Å². The molecule has 4 heteroatoms. The number of rotatable bonds is 3. The Kier molecular flexibility index (Phi) is 3.84. The van der Waals surface area contributed by atoms with Crippen LogP contribution in [0.1, 0.15) is 24.5 Å². The van der Waals surface area contributed by atoms with E-state index in [0.29, 0.717) is 6.54 Å². The molecule has 0 bridgehead atoms. The molecule has 1 aliphatic heterocycles. The SMILES string of the molecule is CC(=O)C(=O)NCc1ccc2c(c1)CCCS2. The molecular formula is C13H15NO2S. The third-order valence-electron chi connectivity index (χ3n) is 2.75. The largest absolute Gasteiger partial charge is 0.345 e. The van der Waals surface area contributed by atoms with E-state index in [9.17, 15) is 9.59 Å². The second kappa shape index (κ2) is 5.36. The number of amides is 1. The average molecular weight is 249 g/mol. The molecule has 0 saturated heterocycles. The summed E-state index contributed by atoms with van der Waals surface area (Å²) in [6.07, 6.45) is 2.32. The quantitative estimate of drug-likeness (QED) is 0.833. The van der Waals surface area contributed by atoms with E-state index >= 15 is 0 Å². The van der Waals surface area contributed by atoms with Gasteiger partial charge in [-0.2, -0.15) is 0 Å². The van der Waals surface area contributed by atoms with Crippen molar-refractivity contribution < 1.29 is 9.59 Å². The number of carbonyl (C=O) groups is 2. The average Bonchev–Trinajstić information content (AvgIpc) is 2.35. The molecule has 2 rings (SSSR count). The predicted octanol–water partition coefficient (Wildman–Crippen LogP) is 1.93. The normalized spacial score (nSPS) is 13.9. The number of aryl methyl sites for hydroxylation is 1. The van der Waals surface area contributed by atoms with E-state index in [1.807, 2.05) is 17.8 Å². The van der Waals surface area contributed by atoms with Gasteiger partial charge in [-0.3, -0.25) is 9.59 Å². The standard InChI is InChI=1S/C13H15NO2S/c1-9(15)13(16)14-8-10-4-5-12-11(7-10)3-2-6-17-12/h4-5,7H,2-3,6,8H2,1H3,(H,14,16). The molecule has 1 amide bonds. The highest BCUT2D eigenvalue weighted by molar-refractivity contribution is 7.99. The van der Waals surface area contributed by atoms with Gasteiger partial charge in [0.25, 0.3) is 5.91 Å². The molecule has 0 atom stereocenters. The Labute approximate surface area is 105 Å². The molecular weight excluding hydrogens is 234 g/mol. The van der Waals surface area contributed by atoms with Crippen molar-refractivity contribution in [2.24, 2.45) is 0 Å². The maximum absolute atomic E-state index is 11.1. The Morgan fingerprint density at radius 3 is 3.00 bits per heavy atom. The van der Waals surface area contributed by atoms with Crippen LogP contribution in [0.15, 0.2) is 23.1 Å². The van der Waals surface area contributed by atoms with Crippen LogP contribution in [0.4, 0.5) is 0 Å². The summed E-state index contributed by atoms with van der Waals surface area (Å²) in [5.41, 5.74) is 2.41. The Balaban J connectivity index is 2.02. The molecule has 1 aliphatic rings. The lowest BCUT2D eigenvalue weighted by Gasteiger charge is -2.16. The molecule has 1 aromatic carbocycles. The van der Waals surface area contributed by atoms with E-state index in [-0.39, 0.29) is 0 Å². The van der Waals surface area contributed by atoms with E-state index in [2.05, 4.69) is 17.4 Å². The van der Waals surface area contributed by atoms with Crippen LogP contribution in [0.3, 0.4) is 0 Å². The van der Waals surface area contributed by atoms with Crippen molar-refractivity contribution in [2.75, 3.05) is 5.75 Å². The van der Waals surface area contributed by atoms with Crippen molar-refractivity contribution in [1.82, 2.24) is 5.32 Å². The minimum atomic E-state index is -0.517. The van der Waals surface area contributed by atoms with E-state index in [1.54, 1.807) is 0 Å². The predicted molar refractivity (Wildman–Crippen MR) is 68.0 cm³/mol. The zero-order chi connectivity index (χ0) is 12.3. The number of benzene rings is 1. The summed E-state index contributed by atoms with van der Waals surface area (Å²) in [5, 5.41) is 2.61. The van der Waals surface area contributed by atoms with Crippen LogP contribution in [-0.4, -0.2) is 17.4 Å². The Hall–Kier alpha value is -1.29. The van der Waals surface area contributed by atoms with Gasteiger partial charge in [0.15, 0.2) is 0 Å². The molecule has 17 heavy (non-hydrogen) atoms. The van der Waals surface area contributed by atoms with E-state index in [0.717, 1.165) is 12.0 Å². The maximum atomic E-state index is 11.1. The number of Topliss-reactive ketones (excluding diaryl/α,β-unsaturated/α-hetero) is 1. The highest BCUT2D eigenvalue weighted by atomic mass is 32.2. The Morgan fingerprint density at radius 1 is 1.41 bits per heavy atom. The summed E-state index contributed by atoms with van der Waals surface area (Å²) >= 11 is 1.89. The van der Waals surface area contributed by atoms with Gasteiger partial charge in [0.05, 0.1) is 0 Å². The fourth-order valence-electron chi connectivity index (χ4n) is 1.83. The van der Waals surface area contributed by atoms with Crippen LogP contribution in [-0.2, 0) is 22.6 Å². The van der Waals surface area contributed by atoms with E-state index in [1.165, 1.54) is 29.6 Å². The third-order valence-corrected chi connectivity index (χ3v) is 3.95. The first-order chi connectivity index (χ1) is 8.16. The van der Waals surface area contributed by atoms with Crippen LogP contribution in [0, 0.1) is 0 Å². The first kappa shape index (κ1) is 12.2. The van der Waals surface area contributed by atoms with Gasteiger partial charge in [0.2, 0.25) is 5.78 Å².